The molecule has 2 saturated heterocycles. The predicted molar refractivity (Wildman–Crippen MR) is 244 cm³/mol. The van der Waals surface area contributed by atoms with Crippen LogP contribution >= 0.6 is 0 Å². The SMILES string of the molecule is CC[C@H]1OC(=O)C[C@H]2OC/C(=N/OCc3cccc(N)n3)COCCC(C[C@@H](C)C(=O)/C=C/C(C)=C/[C@@H]1CO[C@@H]1CC[C@@H](O)[C@@H](OC)[C@H]1OC)[C@H](O[C@@H]1O[C@H](C)[C@@H](O)[C@H](N(C)C)[C@H]1O)[C@H]2C. The Morgan fingerprint density at radius 3 is 2.42 bits per heavy atom. The summed E-state index contributed by atoms with van der Waals surface area (Å²) in [6.45, 7) is 9.77. The van der Waals surface area contributed by atoms with Gasteiger partial charge in [0.05, 0.1) is 74.6 Å². The summed E-state index contributed by atoms with van der Waals surface area (Å²) in [5.41, 5.74) is 7.66. The van der Waals surface area contributed by atoms with Crippen LogP contribution in [0.15, 0.2) is 47.2 Å². The first kappa shape index (κ1) is 53.6. The van der Waals surface area contributed by atoms with Crippen molar-refractivity contribution in [1.82, 2.24) is 9.88 Å². The Kier molecular flexibility index (Phi) is 21.0. The van der Waals surface area contributed by atoms with Crippen LogP contribution in [-0.2, 0) is 58.9 Å². The lowest BCUT2D eigenvalue weighted by Gasteiger charge is -2.47. The van der Waals surface area contributed by atoms with E-state index in [1.165, 1.54) is 7.11 Å². The van der Waals surface area contributed by atoms with Gasteiger partial charge in [-0.2, -0.15) is 0 Å². The zero-order valence-corrected chi connectivity index (χ0v) is 40.2. The molecule has 4 aliphatic rings. The number of carbonyl (C=O) groups is 2. The molecule has 18 nitrogen and oxygen atoms in total. The molecule has 3 aliphatic heterocycles. The molecule has 2 bridgehead atoms. The van der Waals surface area contributed by atoms with E-state index in [0.717, 1.165) is 5.57 Å². The van der Waals surface area contributed by atoms with Crippen molar-refractivity contribution in [3.63, 3.8) is 0 Å². The molecular formula is C48H76N4O14. The quantitative estimate of drug-likeness (QED) is 0.174. The van der Waals surface area contributed by atoms with Crippen molar-refractivity contribution in [1.29, 1.82) is 0 Å². The highest BCUT2D eigenvalue weighted by Crippen LogP contribution is 2.36. The maximum Gasteiger partial charge on any atom is 0.308 e. The molecule has 4 heterocycles. The number of aliphatic hydroxyl groups is 3. The molecule has 1 aromatic heterocycles. The number of hydrogen-bond donors (Lipinski definition) is 4. The van der Waals surface area contributed by atoms with Gasteiger partial charge in [-0.05, 0) is 84.2 Å². The summed E-state index contributed by atoms with van der Waals surface area (Å²) in [5, 5.41) is 37.7. The molecule has 66 heavy (non-hydrogen) atoms. The highest BCUT2D eigenvalue weighted by Gasteiger charge is 2.48. The monoisotopic (exact) mass is 933 g/mol. The Hall–Kier alpha value is -3.40. The number of likely N-dealkylation sites (N-methyl/N-ethyl adjacent to an activating group) is 1. The van der Waals surface area contributed by atoms with Gasteiger partial charge in [0.25, 0.3) is 0 Å². The van der Waals surface area contributed by atoms with E-state index in [1.54, 1.807) is 63.4 Å². The zero-order valence-electron chi connectivity index (χ0n) is 40.2. The number of carbonyl (C=O) groups excluding carboxylic acids is 2. The third-order valence-corrected chi connectivity index (χ3v) is 13.4. The summed E-state index contributed by atoms with van der Waals surface area (Å²) in [4.78, 5) is 40.1. The number of aromatic nitrogens is 1. The largest absolute Gasteiger partial charge is 0.462 e. The molecule has 1 saturated carbocycles. The van der Waals surface area contributed by atoms with E-state index in [-0.39, 0.29) is 51.2 Å². The number of nitrogens with zero attached hydrogens (tertiary/aromatic N) is 3. The van der Waals surface area contributed by atoms with Crippen LogP contribution in [0.25, 0.3) is 0 Å². The Morgan fingerprint density at radius 2 is 1.73 bits per heavy atom. The molecule has 3 fully saturated rings. The molecule has 1 unspecified atom stereocenters. The normalized spacial score (nSPS) is 38.9. The number of nitrogen functional groups attached to an aromatic ring is 1. The molecule has 0 amide bonds. The van der Waals surface area contributed by atoms with Crippen LogP contribution in [0, 0.1) is 23.7 Å². The average molecular weight is 933 g/mol. The molecule has 0 aromatic carbocycles. The molecule has 0 radical (unpaired) electrons. The molecule has 1 aromatic rings. The second-order valence-electron chi connectivity index (χ2n) is 18.5. The molecule has 0 spiro atoms. The minimum atomic E-state index is -1.25. The van der Waals surface area contributed by atoms with Crippen LogP contribution in [0.4, 0.5) is 5.82 Å². The smallest absolute Gasteiger partial charge is 0.308 e. The minimum absolute atomic E-state index is 0.0445. The third-order valence-electron chi connectivity index (χ3n) is 13.4. The molecular weight excluding hydrogens is 857 g/mol. The van der Waals surface area contributed by atoms with Crippen LogP contribution in [0.3, 0.4) is 0 Å². The second-order valence-corrected chi connectivity index (χ2v) is 18.5. The zero-order chi connectivity index (χ0) is 48.1. The Bertz CT molecular complexity index is 1780. The first-order valence-corrected chi connectivity index (χ1v) is 23.4. The lowest BCUT2D eigenvalue weighted by Crippen LogP contribution is -2.63. The van der Waals surface area contributed by atoms with E-state index in [4.69, 9.17) is 48.5 Å². The topological polar surface area (TPSA) is 232 Å². The molecule has 5 N–H and O–H groups in total. The number of pyridine rings is 1. The second kappa shape index (κ2) is 25.8. The number of ether oxygens (including phenoxy) is 8. The Balaban J connectivity index is 1.51. The van der Waals surface area contributed by atoms with Crippen molar-refractivity contribution in [3.05, 3.63) is 47.7 Å². The number of nitrogens with two attached hydrogens (primary N) is 1. The lowest BCUT2D eigenvalue weighted by atomic mass is 9.79. The van der Waals surface area contributed by atoms with Crippen molar-refractivity contribution >= 4 is 23.3 Å². The van der Waals surface area contributed by atoms with Gasteiger partial charge in [-0.1, -0.05) is 49.7 Å². The third kappa shape index (κ3) is 14.6. The van der Waals surface area contributed by atoms with Gasteiger partial charge < -0.3 is 68.7 Å². The fraction of sp³-hybridized carbons (Fsp3) is 0.750. The standard InChI is InChI=1S/C48H76N4O14/c1-10-37-32(23-61-38-17-16-36(54)46(58-8)47(38)59-9)20-27(2)14-15-35(53)28(3)21-31-18-19-60-24-34(51-63-26-33-12-11-13-40(49)50-33)25-62-39(22-41(55)65-37)29(4)45(31)66-48-44(57)42(52(6)7)43(56)30(5)64-48/h11-15,20,28-32,36-39,42-48,54,56-57H,10,16-19,21-26H2,1-9H3,(H2,49,50)/b15-14+,27-20+,51-34+/t28-,29+,30-,31?,32-,36-,37-,38-,39-,42+,43-,44-,45-,46-,47+,48+/m1/s1. The summed E-state index contributed by atoms with van der Waals surface area (Å²) in [7, 11) is 6.64. The predicted octanol–water partition coefficient (Wildman–Crippen LogP) is 3.39. The summed E-state index contributed by atoms with van der Waals surface area (Å²) in [5.74, 6) is -2.09. The van der Waals surface area contributed by atoms with Crippen LogP contribution in [-0.4, -0.2) is 171 Å². The number of fused-ring (bicyclic) bond motifs is 3. The van der Waals surface area contributed by atoms with E-state index in [1.807, 2.05) is 33.8 Å². The summed E-state index contributed by atoms with van der Waals surface area (Å²) < 4.78 is 50.1. The van der Waals surface area contributed by atoms with Crippen LogP contribution in [0.1, 0.15) is 78.8 Å². The van der Waals surface area contributed by atoms with Gasteiger partial charge >= 0.3 is 5.97 Å². The molecule has 1 aliphatic carbocycles. The van der Waals surface area contributed by atoms with E-state index in [9.17, 15) is 24.9 Å². The van der Waals surface area contributed by atoms with Gasteiger partial charge in [-0.25, -0.2) is 4.98 Å². The van der Waals surface area contributed by atoms with Crippen LogP contribution < -0.4 is 5.73 Å². The fourth-order valence-electron chi connectivity index (χ4n) is 9.61. The number of allylic oxidation sites excluding steroid dienone is 3. The highest BCUT2D eigenvalue weighted by atomic mass is 16.7. The first-order chi connectivity index (χ1) is 31.5. The number of esters is 1. The van der Waals surface area contributed by atoms with Gasteiger partial charge in [0.2, 0.25) is 0 Å². The van der Waals surface area contributed by atoms with Crippen LogP contribution in [0.2, 0.25) is 0 Å². The summed E-state index contributed by atoms with van der Waals surface area (Å²) in [6, 6.07) is 4.52. The molecule has 18 heteroatoms. The highest BCUT2D eigenvalue weighted by molar-refractivity contribution is 5.91. The molecule has 372 valence electrons. The maximum atomic E-state index is 14.4. The van der Waals surface area contributed by atoms with Gasteiger partial charge in [-0.15, -0.1) is 0 Å². The minimum Gasteiger partial charge on any atom is -0.462 e. The number of ketones is 1. The van der Waals surface area contributed by atoms with Crippen molar-refractivity contribution in [3.8, 4) is 0 Å². The lowest BCUT2D eigenvalue weighted by molar-refractivity contribution is -0.305. The van der Waals surface area contributed by atoms with E-state index in [0.29, 0.717) is 49.3 Å². The van der Waals surface area contributed by atoms with Gasteiger partial charge in [0, 0.05) is 38.6 Å². The number of anilines is 1. The number of aliphatic hydroxyl groups excluding tert-OH is 3. The first-order valence-electron chi connectivity index (χ1n) is 23.4. The number of rotatable bonds is 12. The number of oxime groups is 1. The van der Waals surface area contributed by atoms with E-state index in [2.05, 4.69) is 10.1 Å². The van der Waals surface area contributed by atoms with Gasteiger partial charge in [0.15, 0.2) is 18.7 Å². The van der Waals surface area contributed by atoms with E-state index >= 15 is 0 Å². The summed E-state index contributed by atoms with van der Waals surface area (Å²) >= 11 is 0. The average Bonchev–Trinajstić information content (AvgIpc) is 3.30. The number of hydrogen-bond acceptors (Lipinski definition) is 18. The van der Waals surface area contributed by atoms with Crippen molar-refractivity contribution in [2.45, 2.75) is 153 Å². The fourth-order valence-corrected chi connectivity index (χ4v) is 9.61. The van der Waals surface area contributed by atoms with E-state index < -0.39 is 97.1 Å². The molecule has 16 atom stereocenters. The maximum absolute atomic E-state index is 14.4. The van der Waals surface area contributed by atoms with Crippen molar-refractivity contribution < 1.29 is 67.6 Å². The van der Waals surface area contributed by atoms with Crippen molar-refractivity contribution in [2.75, 3.05) is 60.5 Å². The van der Waals surface area contributed by atoms with Gasteiger partial charge in [-0.3, -0.25) is 9.59 Å². The summed E-state index contributed by atoms with van der Waals surface area (Å²) in [6.07, 6.45) is -1.16. The van der Waals surface area contributed by atoms with Crippen molar-refractivity contribution in [2.24, 2.45) is 28.8 Å². The Morgan fingerprint density at radius 1 is 0.970 bits per heavy atom. The molecule has 5 rings (SSSR count). The van der Waals surface area contributed by atoms with Crippen LogP contribution in [0.5, 0.6) is 0 Å². The van der Waals surface area contributed by atoms with Gasteiger partial charge in [0.1, 0.15) is 35.9 Å². The number of cyclic esters (lactones) is 1. The Labute approximate surface area is 390 Å². The number of methoxy groups -OCH3 is 2.